The van der Waals surface area contributed by atoms with Crippen LogP contribution in [-0.4, -0.2) is 8.42 Å². The molecule has 1 aromatic carbocycles. The average Bonchev–Trinajstić information content (AvgIpc) is 2.88. The van der Waals surface area contributed by atoms with E-state index in [0.29, 0.717) is 5.56 Å². The molecular formula is C15H20N2O2S2. The van der Waals surface area contributed by atoms with Crippen LogP contribution in [0.4, 0.5) is 5.69 Å². The second-order valence-electron chi connectivity index (χ2n) is 5.05. The van der Waals surface area contributed by atoms with Gasteiger partial charge in [-0.15, -0.1) is 11.3 Å². The Labute approximate surface area is 130 Å². The van der Waals surface area contributed by atoms with Crippen LogP contribution in [-0.2, 0) is 16.4 Å². The molecule has 0 saturated carbocycles. The number of rotatable bonds is 5. The van der Waals surface area contributed by atoms with E-state index in [2.05, 4.69) is 31.3 Å². The van der Waals surface area contributed by atoms with Crippen LogP contribution in [0, 0.1) is 6.92 Å². The van der Waals surface area contributed by atoms with Gasteiger partial charge in [0, 0.05) is 15.4 Å². The van der Waals surface area contributed by atoms with Gasteiger partial charge in [-0.05, 0) is 50.1 Å². The quantitative estimate of drug-likeness (QED) is 0.885. The Bertz CT molecular complexity index is 736. The standard InChI is InChI=1S/C15H20N2O2S2/c1-4-13-7-8-14(20-13)11(3)17-12-6-5-10(2)15(9-12)21(16,18)19/h5-9,11,17H,4H2,1-3H3,(H2,16,18,19). The molecule has 1 unspecified atom stereocenters. The van der Waals surface area contributed by atoms with Crippen LogP contribution in [0.1, 0.15) is 35.2 Å². The largest absolute Gasteiger partial charge is 0.378 e. The van der Waals surface area contributed by atoms with Crippen molar-refractivity contribution >= 4 is 27.0 Å². The summed E-state index contributed by atoms with van der Waals surface area (Å²) in [6, 6.07) is 9.58. The lowest BCUT2D eigenvalue weighted by molar-refractivity contribution is 0.597. The zero-order valence-corrected chi connectivity index (χ0v) is 14.0. The fraction of sp³-hybridized carbons (Fsp3) is 0.333. The van der Waals surface area contributed by atoms with Crippen molar-refractivity contribution in [3.05, 3.63) is 45.6 Å². The van der Waals surface area contributed by atoms with Crippen LogP contribution in [0.15, 0.2) is 35.2 Å². The topological polar surface area (TPSA) is 72.2 Å². The molecule has 0 bridgehead atoms. The number of nitrogens with one attached hydrogen (secondary N) is 1. The van der Waals surface area contributed by atoms with Gasteiger partial charge < -0.3 is 5.32 Å². The van der Waals surface area contributed by atoms with Crippen molar-refractivity contribution in [2.24, 2.45) is 5.14 Å². The third kappa shape index (κ3) is 3.84. The highest BCUT2D eigenvalue weighted by molar-refractivity contribution is 7.89. The molecule has 0 fully saturated rings. The lowest BCUT2D eigenvalue weighted by atomic mass is 10.2. The van der Waals surface area contributed by atoms with E-state index in [1.54, 1.807) is 30.4 Å². The Hall–Kier alpha value is -1.37. The average molecular weight is 324 g/mol. The predicted molar refractivity (Wildman–Crippen MR) is 88.3 cm³/mol. The van der Waals surface area contributed by atoms with Gasteiger partial charge in [-0.3, -0.25) is 0 Å². The first kappa shape index (κ1) is 16.0. The number of primary sulfonamides is 1. The van der Waals surface area contributed by atoms with Crippen molar-refractivity contribution < 1.29 is 8.42 Å². The Morgan fingerprint density at radius 3 is 2.57 bits per heavy atom. The van der Waals surface area contributed by atoms with Gasteiger partial charge in [0.25, 0.3) is 0 Å². The Morgan fingerprint density at radius 1 is 1.29 bits per heavy atom. The summed E-state index contributed by atoms with van der Waals surface area (Å²) in [5, 5.41) is 8.56. The summed E-state index contributed by atoms with van der Waals surface area (Å²) in [5.74, 6) is 0. The number of anilines is 1. The number of aryl methyl sites for hydroxylation is 2. The third-order valence-electron chi connectivity index (χ3n) is 3.34. The minimum atomic E-state index is -3.69. The molecule has 0 spiro atoms. The summed E-state index contributed by atoms with van der Waals surface area (Å²) in [6.45, 7) is 5.92. The van der Waals surface area contributed by atoms with Crippen LogP contribution in [0.3, 0.4) is 0 Å². The van der Waals surface area contributed by atoms with Crippen LogP contribution in [0.25, 0.3) is 0 Å². The van der Waals surface area contributed by atoms with Gasteiger partial charge in [0.05, 0.1) is 10.9 Å². The number of thiophene rings is 1. The summed E-state index contributed by atoms with van der Waals surface area (Å²) in [5.41, 5.74) is 1.41. The zero-order valence-electron chi connectivity index (χ0n) is 12.4. The van der Waals surface area contributed by atoms with Gasteiger partial charge in [-0.1, -0.05) is 13.0 Å². The summed E-state index contributed by atoms with van der Waals surface area (Å²) in [7, 11) is -3.69. The highest BCUT2D eigenvalue weighted by Gasteiger charge is 2.14. The second-order valence-corrected chi connectivity index (χ2v) is 7.78. The van der Waals surface area contributed by atoms with E-state index < -0.39 is 10.0 Å². The van der Waals surface area contributed by atoms with Crippen molar-refractivity contribution in [1.29, 1.82) is 0 Å². The van der Waals surface area contributed by atoms with Gasteiger partial charge >= 0.3 is 0 Å². The van der Waals surface area contributed by atoms with Gasteiger partial charge in [-0.25, -0.2) is 13.6 Å². The summed E-state index contributed by atoms with van der Waals surface area (Å²) >= 11 is 1.77. The predicted octanol–water partition coefficient (Wildman–Crippen LogP) is 3.44. The molecule has 1 aromatic heterocycles. The first-order valence-corrected chi connectivity index (χ1v) is 9.16. The number of hydrogen-bond donors (Lipinski definition) is 2. The SMILES string of the molecule is CCc1ccc(C(C)Nc2ccc(C)c(S(N)(=O)=O)c2)s1. The van der Waals surface area contributed by atoms with E-state index >= 15 is 0 Å². The van der Waals surface area contributed by atoms with Crippen LogP contribution < -0.4 is 10.5 Å². The number of hydrogen-bond acceptors (Lipinski definition) is 4. The van der Waals surface area contributed by atoms with Crippen LogP contribution in [0.5, 0.6) is 0 Å². The van der Waals surface area contributed by atoms with Gasteiger partial charge in [-0.2, -0.15) is 0 Å². The molecule has 0 amide bonds. The third-order valence-corrected chi connectivity index (χ3v) is 5.80. The van der Waals surface area contributed by atoms with E-state index in [-0.39, 0.29) is 10.9 Å². The molecule has 114 valence electrons. The highest BCUT2D eigenvalue weighted by Crippen LogP contribution is 2.28. The summed E-state index contributed by atoms with van der Waals surface area (Å²) in [4.78, 5) is 2.73. The van der Waals surface area contributed by atoms with Crippen molar-refractivity contribution in [3.8, 4) is 0 Å². The first-order chi connectivity index (χ1) is 9.81. The van der Waals surface area contributed by atoms with Gasteiger partial charge in [0.15, 0.2) is 0 Å². The molecule has 4 nitrogen and oxygen atoms in total. The maximum absolute atomic E-state index is 11.6. The lowest BCUT2D eigenvalue weighted by Gasteiger charge is -2.15. The number of nitrogens with two attached hydrogens (primary N) is 1. The van der Waals surface area contributed by atoms with Crippen molar-refractivity contribution in [2.45, 2.75) is 38.1 Å². The van der Waals surface area contributed by atoms with Crippen LogP contribution >= 0.6 is 11.3 Å². The van der Waals surface area contributed by atoms with Crippen molar-refractivity contribution in [1.82, 2.24) is 0 Å². The monoisotopic (exact) mass is 324 g/mol. The van der Waals surface area contributed by atoms with E-state index in [1.165, 1.54) is 9.75 Å². The molecule has 0 saturated heterocycles. The molecule has 2 rings (SSSR count). The van der Waals surface area contributed by atoms with Gasteiger partial charge in [0.1, 0.15) is 0 Å². The number of benzene rings is 1. The molecule has 2 aromatic rings. The first-order valence-electron chi connectivity index (χ1n) is 6.80. The molecule has 1 heterocycles. The maximum Gasteiger partial charge on any atom is 0.238 e. The van der Waals surface area contributed by atoms with E-state index in [0.717, 1.165) is 12.1 Å². The molecular weight excluding hydrogens is 304 g/mol. The minimum Gasteiger partial charge on any atom is -0.378 e. The Kier molecular flexibility index (Phi) is 4.70. The molecule has 3 N–H and O–H groups in total. The molecule has 0 radical (unpaired) electrons. The molecule has 21 heavy (non-hydrogen) atoms. The van der Waals surface area contributed by atoms with E-state index in [9.17, 15) is 8.42 Å². The zero-order chi connectivity index (χ0) is 15.6. The van der Waals surface area contributed by atoms with Crippen LogP contribution in [0.2, 0.25) is 0 Å². The summed E-state index contributed by atoms with van der Waals surface area (Å²) in [6.07, 6.45) is 1.03. The van der Waals surface area contributed by atoms with Crippen molar-refractivity contribution in [3.63, 3.8) is 0 Å². The Morgan fingerprint density at radius 2 is 2.00 bits per heavy atom. The fourth-order valence-electron chi connectivity index (χ4n) is 2.13. The molecule has 0 aliphatic heterocycles. The molecule has 0 aliphatic rings. The summed E-state index contributed by atoms with van der Waals surface area (Å²) < 4.78 is 23.1. The Balaban J connectivity index is 2.23. The normalized spacial score (nSPS) is 13.1. The van der Waals surface area contributed by atoms with Gasteiger partial charge in [0.2, 0.25) is 10.0 Å². The smallest absolute Gasteiger partial charge is 0.238 e. The second kappa shape index (κ2) is 6.17. The fourth-order valence-corrected chi connectivity index (χ4v) is 3.90. The highest BCUT2D eigenvalue weighted by atomic mass is 32.2. The molecule has 0 aliphatic carbocycles. The molecule has 6 heteroatoms. The number of sulfonamides is 1. The van der Waals surface area contributed by atoms with E-state index in [1.807, 2.05) is 6.07 Å². The molecule has 1 atom stereocenters. The maximum atomic E-state index is 11.6. The minimum absolute atomic E-state index is 0.117. The van der Waals surface area contributed by atoms with Crippen molar-refractivity contribution in [2.75, 3.05) is 5.32 Å². The van der Waals surface area contributed by atoms with E-state index in [4.69, 9.17) is 5.14 Å². The lowest BCUT2D eigenvalue weighted by Crippen LogP contribution is -2.14.